The van der Waals surface area contributed by atoms with Gasteiger partial charge >= 0.3 is 0 Å². The van der Waals surface area contributed by atoms with Crippen molar-refractivity contribution in [2.75, 3.05) is 12.4 Å². The summed E-state index contributed by atoms with van der Waals surface area (Å²) in [6.07, 6.45) is -1.39. The first kappa shape index (κ1) is 28.5. The first-order valence-corrected chi connectivity index (χ1v) is 13.4. The van der Waals surface area contributed by atoms with Gasteiger partial charge in [0.15, 0.2) is 6.10 Å². The lowest BCUT2D eigenvalue weighted by molar-refractivity contribution is -0.147. The van der Waals surface area contributed by atoms with Crippen LogP contribution < -0.4 is 10.6 Å². The van der Waals surface area contributed by atoms with E-state index in [2.05, 4.69) is 10.6 Å². The second kappa shape index (κ2) is 12.0. The molecule has 3 amide bonds. The van der Waals surface area contributed by atoms with E-state index in [-0.39, 0.29) is 35.4 Å². The van der Waals surface area contributed by atoms with E-state index in [0.29, 0.717) is 12.1 Å². The zero-order valence-electron chi connectivity index (χ0n) is 22.0. The number of rotatable bonds is 9. The Morgan fingerprint density at radius 1 is 1.11 bits per heavy atom. The Balaban J connectivity index is 1.87. The molecule has 0 aromatic heterocycles. The number of aromatic hydroxyl groups is 1. The monoisotopic (exact) mass is 527 g/mol. The van der Waals surface area contributed by atoms with Gasteiger partial charge in [-0.05, 0) is 50.8 Å². The number of thioether (sulfide) groups is 1. The number of amides is 3. The fraction of sp³-hybridized carbons (Fsp3) is 0.464. The molecule has 0 bridgehead atoms. The minimum absolute atomic E-state index is 0.0181. The zero-order chi connectivity index (χ0) is 27.3. The van der Waals surface area contributed by atoms with Gasteiger partial charge in [-0.25, -0.2) is 0 Å². The van der Waals surface area contributed by atoms with E-state index in [1.807, 2.05) is 58.0 Å². The van der Waals surface area contributed by atoms with Crippen LogP contribution in [0.1, 0.15) is 49.2 Å². The second-order valence-electron chi connectivity index (χ2n) is 10.4. The van der Waals surface area contributed by atoms with Crippen LogP contribution in [0.2, 0.25) is 0 Å². The predicted octanol–water partition coefficient (Wildman–Crippen LogP) is 2.85. The van der Waals surface area contributed by atoms with Crippen molar-refractivity contribution >= 4 is 29.5 Å². The fourth-order valence-electron chi connectivity index (χ4n) is 4.38. The van der Waals surface area contributed by atoms with Crippen LogP contribution in [0.5, 0.6) is 5.75 Å². The van der Waals surface area contributed by atoms with Crippen molar-refractivity contribution in [3.63, 3.8) is 0 Å². The van der Waals surface area contributed by atoms with Gasteiger partial charge in [-0.1, -0.05) is 50.2 Å². The maximum Gasteiger partial charge on any atom is 0.254 e. The summed E-state index contributed by atoms with van der Waals surface area (Å²) < 4.78 is -0.548. The molecule has 4 N–H and O–H groups in total. The van der Waals surface area contributed by atoms with Crippen molar-refractivity contribution in [1.29, 1.82) is 0 Å². The van der Waals surface area contributed by atoms with Crippen LogP contribution in [0.3, 0.4) is 0 Å². The number of hydrogen-bond donors (Lipinski definition) is 4. The van der Waals surface area contributed by atoms with Crippen LogP contribution in [0.4, 0.5) is 0 Å². The third kappa shape index (κ3) is 6.84. The van der Waals surface area contributed by atoms with Crippen LogP contribution in [-0.4, -0.2) is 68.2 Å². The molecule has 200 valence electrons. The van der Waals surface area contributed by atoms with Crippen LogP contribution in [-0.2, 0) is 16.0 Å². The molecule has 1 saturated heterocycles. The Labute approximate surface area is 222 Å². The molecular weight excluding hydrogens is 490 g/mol. The van der Waals surface area contributed by atoms with Crippen molar-refractivity contribution < 1.29 is 24.6 Å². The minimum Gasteiger partial charge on any atom is -0.508 e. The van der Waals surface area contributed by atoms with E-state index in [9.17, 15) is 24.6 Å². The zero-order valence-corrected chi connectivity index (χ0v) is 22.8. The van der Waals surface area contributed by atoms with Gasteiger partial charge in [0.1, 0.15) is 11.8 Å². The van der Waals surface area contributed by atoms with Gasteiger partial charge in [0, 0.05) is 22.4 Å². The summed E-state index contributed by atoms with van der Waals surface area (Å²) >= 11 is 1.47. The third-order valence-corrected chi connectivity index (χ3v) is 7.94. The van der Waals surface area contributed by atoms with Crippen molar-refractivity contribution in [2.45, 2.75) is 64.0 Å². The highest BCUT2D eigenvalue weighted by Crippen LogP contribution is 2.40. The maximum atomic E-state index is 13.6. The Morgan fingerprint density at radius 2 is 1.78 bits per heavy atom. The molecule has 1 aliphatic rings. The van der Waals surface area contributed by atoms with Crippen LogP contribution >= 0.6 is 11.8 Å². The molecule has 3 rings (SSSR count). The first-order valence-electron chi connectivity index (χ1n) is 12.5. The minimum atomic E-state index is -1.59. The summed E-state index contributed by atoms with van der Waals surface area (Å²) in [4.78, 5) is 41.3. The van der Waals surface area contributed by atoms with Crippen LogP contribution in [0.25, 0.3) is 0 Å². The summed E-state index contributed by atoms with van der Waals surface area (Å²) in [7, 11) is 0. The highest BCUT2D eigenvalue weighted by Gasteiger charge is 2.49. The number of aliphatic hydroxyl groups excluding tert-OH is 1. The number of benzene rings is 2. The molecule has 0 unspecified atom stereocenters. The molecule has 3 atom stereocenters. The SMILES string of the molecule is Cc1c(O)cccc1C(=O)N[C@@H](Cc1ccccc1)[C@H](O)C(=O)N1CSC(C)(C)[C@H]1C(=O)NCC(C)C. The van der Waals surface area contributed by atoms with Gasteiger partial charge in [-0.3, -0.25) is 14.4 Å². The molecule has 0 saturated carbocycles. The standard InChI is InChI=1S/C28H37N3O5S/c1-17(2)15-29-26(35)24-28(4,5)37-16-31(24)27(36)23(33)21(14-19-10-7-6-8-11-19)30-25(34)20-12-9-13-22(32)18(20)3/h6-13,17,21,23-24,32-33H,14-16H2,1-5H3,(H,29,35)(H,30,34)/t21-,23-,24+/m0/s1. The normalized spacial score (nSPS) is 18.4. The van der Waals surface area contributed by atoms with Crippen molar-refractivity contribution in [3.05, 3.63) is 65.2 Å². The average Bonchev–Trinajstić information content (AvgIpc) is 3.18. The van der Waals surface area contributed by atoms with Gasteiger partial charge in [-0.15, -0.1) is 11.8 Å². The molecule has 2 aromatic rings. The smallest absolute Gasteiger partial charge is 0.254 e. The summed E-state index contributed by atoms with van der Waals surface area (Å²) in [6, 6.07) is 12.2. The van der Waals surface area contributed by atoms with E-state index in [1.54, 1.807) is 19.1 Å². The van der Waals surface area contributed by atoms with Crippen molar-refractivity contribution in [3.8, 4) is 5.75 Å². The predicted molar refractivity (Wildman–Crippen MR) is 145 cm³/mol. The maximum absolute atomic E-state index is 13.6. The lowest BCUT2D eigenvalue weighted by atomic mass is 9.96. The van der Waals surface area contributed by atoms with Crippen molar-refractivity contribution in [2.24, 2.45) is 5.92 Å². The number of carbonyl (C=O) groups excluding carboxylic acids is 3. The number of nitrogens with zero attached hydrogens (tertiary/aromatic N) is 1. The molecule has 1 heterocycles. The molecule has 9 heteroatoms. The molecule has 1 aliphatic heterocycles. The molecule has 8 nitrogen and oxygen atoms in total. The summed E-state index contributed by atoms with van der Waals surface area (Å²) in [5.74, 6) is -0.901. The molecule has 2 aromatic carbocycles. The number of phenols is 1. The summed E-state index contributed by atoms with van der Waals surface area (Å²) in [5.41, 5.74) is 1.48. The second-order valence-corrected chi connectivity index (χ2v) is 12.0. The Hall–Kier alpha value is -3.04. The van der Waals surface area contributed by atoms with Gasteiger partial charge in [0.25, 0.3) is 11.8 Å². The Morgan fingerprint density at radius 3 is 2.43 bits per heavy atom. The third-order valence-electron chi connectivity index (χ3n) is 6.56. The van der Waals surface area contributed by atoms with E-state index in [1.165, 1.54) is 22.7 Å². The number of phenolic OH excluding ortho intramolecular Hbond substituents is 1. The van der Waals surface area contributed by atoms with Gasteiger partial charge in [0.05, 0.1) is 11.9 Å². The number of nitrogens with one attached hydrogen (secondary N) is 2. The lowest BCUT2D eigenvalue weighted by Gasteiger charge is -2.33. The van der Waals surface area contributed by atoms with Gasteiger partial charge in [-0.2, -0.15) is 0 Å². The van der Waals surface area contributed by atoms with Crippen LogP contribution in [0.15, 0.2) is 48.5 Å². The van der Waals surface area contributed by atoms with E-state index < -0.39 is 34.7 Å². The van der Waals surface area contributed by atoms with Gasteiger partial charge < -0.3 is 25.7 Å². The number of carbonyl (C=O) groups is 3. The molecular formula is C28H37N3O5S. The Bertz CT molecular complexity index is 1120. The molecule has 1 fully saturated rings. The topological polar surface area (TPSA) is 119 Å². The highest BCUT2D eigenvalue weighted by atomic mass is 32.2. The largest absolute Gasteiger partial charge is 0.508 e. The fourth-order valence-corrected chi connectivity index (χ4v) is 5.52. The molecule has 0 aliphatic carbocycles. The lowest BCUT2D eigenvalue weighted by Crippen LogP contribution is -2.59. The quantitative estimate of drug-likeness (QED) is 0.398. The summed E-state index contributed by atoms with van der Waals surface area (Å²) in [6.45, 7) is 9.91. The average molecular weight is 528 g/mol. The Kier molecular flexibility index (Phi) is 9.26. The van der Waals surface area contributed by atoms with Gasteiger partial charge in [0.2, 0.25) is 5.91 Å². The molecule has 0 radical (unpaired) electrons. The molecule has 37 heavy (non-hydrogen) atoms. The molecule has 0 spiro atoms. The first-order chi connectivity index (χ1) is 17.4. The van der Waals surface area contributed by atoms with Crippen molar-refractivity contribution in [1.82, 2.24) is 15.5 Å². The van der Waals surface area contributed by atoms with E-state index in [0.717, 1.165) is 5.56 Å². The number of aliphatic hydroxyl groups is 1. The van der Waals surface area contributed by atoms with Crippen LogP contribution in [0, 0.1) is 12.8 Å². The number of hydrogen-bond acceptors (Lipinski definition) is 6. The highest BCUT2D eigenvalue weighted by molar-refractivity contribution is 8.00. The van der Waals surface area contributed by atoms with E-state index >= 15 is 0 Å². The van der Waals surface area contributed by atoms with E-state index in [4.69, 9.17) is 0 Å². The summed E-state index contributed by atoms with van der Waals surface area (Å²) in [5, 5.41) is 27.1.